The number of phenolic OH excluding ortho intramolecular Hbond substituents is 1. The Morgan fingerprint density at radius 3 is 2.31 bits per heavy atom. The first kappa shape index (κ1) is 29.9. The predicted molar refractivity (Wildman–Crippen MR) is 149 cm³/mol. The largest absolute Gasteiger partial charge is 0.504 e. The lowest BCUT2D eigenvalue weighted by Gasteiger charge is -2.10. The molecule has 9 nitrogen and oxygen atoms in total. The zero-order chi connectivity index (χ0) is 26.0. The number of hydrogen-bond acceptors (Lipinski definition) is 8. The average molecular weight is 504 g/mol. The molecule has 6 N–H and O–H groups in total. The fraction of sp³-hybridized carbons (Fsp3) is 0.667. The van der Waals surface area contributed by atoms with E-state index in [0.29, 0.717) is 5.75 Å². The van der Waals surface area contributed by atoms with Gasteiger partial charge in [-0.1, -0.05) is 6.07 Å². The lowest BCUT2D eigenvalue weighted by atomic mass is 9.99. The predicted octanol–water partition coefficient (Wildman–Crippen LogP) is 2.15. The summed E-state index contributed by atoms with van der Waals surface area (Å²) in [6.07, 6.45) is 11.7. The van der Waals surface area contributed by atoms with Crippen molar-refractivity contribution in [3.05, 3.63) is 41.2 Å². The van der Waals surface area contributed by atoms with E-state index >= 15 is 0 Å². The molecule has 204 valence electrons. The zero-order valence-corrected chi connectivity index (χ0v) is 22.7. The van der Waals surface area contributed by atoms with E-state index in [0.717, 1.165) is 70.6 Å². The number of nitrogens with zero attached hydrogens (tertiary/aromatic N) is 3. The number of methoxy groups -OCH3 is 1. The van der Waals surface area contributed by atoms with Gasteiger partial charge in [0.2, 0.25) is 0 Å². The maximum Gasteiger partial charge on any atom is 0.160 e. The van der Waals surface area contributed by atoms with Gasteiger partial charge >= 0.3 is 0 Å². The van der Waals surface area contributed by atoms with Crippen LogP contribution in [0.5, 0.6) is 11.5 Å². The zero-order valence-electron chi connectivity index (χ0n) is 22.7. The smallest absolute Gasteiger partial charge is 0.160 e. The molecular weight excluding hydrogens is 454 g/mol. The van der Waals surface area contributed by atoms with Crippen LogP contribution in [-0.4, -0.2) is 75.5 Å². The summed E-state index contributed by atoms with van der Waals surface area (Å²) in [6.45, 7) is 6.74. The van der Waals surface area contributed by atoms with Crippen molar-refractivity contribution in [2.75, 3.05) is 65.5 Å². The first-order valence-electron chi connectivity index (χ1n) is 13.5. The summed E-state index contributed by atoms with van der Waals surface area (Å²) < 4.78 is 5.11. The number of benzene rings is 1. The minimum absolute atomic E-state index is 0.181. The molecule has 1 aromatic heterocycles. The van der Waals surface area contributed by atoms with Gasteiger partial charge < -0.3 is 36.5 Å². The van der Waals surface area contributed by atoms with Crippen molar-refractivity contribution in [3.63, 3.8) is 0 Å². The number of hydrogen-bond donors (Lipinski definition) is 5. The molecule has 0 aliphatic heterocycles. The molecule has 1 aromatic carbocycles. The molecule has 36 heavy (non-hydrogen) atoms. The Morgan fingerprint density at radius 1 is 0.972 bits per heavy atom. The van der Waals surface area contributed by atoms with E-state index in [1.165, 1.54) is 43.4 Å². The molecule has 0 spiro atoms. The SMILES string of the molecule is CN(C)n1cc2c(n1)CCCC2.COc1cc(CNCCCNCCCCNCCCN)ccc1O. The van der Waals surface area contributed by atoms with Crippen LogP contribution < -0.4 is 31.4 Å². The molecule has 0 unspecified atom stereocenters. The Hall–Kier alpha value is -2.33. The summed E-state index contributed by atoms with van der Waals surface area (Å²) in [5.74, 6) is 0.702. The highest BCUT2D eigenvalue weighted by Gasteiger charge is 2.13. The normalized spacial score (nSPS) is 12.6. The molecule has 1 aliphatic rings. The first-order valence-corrected chi connectivity index (χ1v) is 13.5. The van der Waals surface area contributed by atoms with Gasteiger partial charge in [-0.05, 0) is 114 Å². The van der Waals surface area contributed by atoms with Gasteiger partial charge in [-0.3, -0.25) is 0 Å². The van der Waals surface area contributed by atoms with Crippen LogP contribution >= 0.6 is 0 Å². The van der Waals surface area contributed by atoms with Crippen molar-refractivity contribution in [2.24, 2.45) is 5.73 Å². The van der Waals surface area contributed by atoms with E-state index in [-0.39, 0.29) is 5.75 Å². The van der Waals surface area contributed by atoms with Gasteiger partial charge in [0, 0.05) is 20.6 Å². The van der Waals surface area contributed by atoms with E-state index in [4.69, 9.17) is 10.5 Å². The van der Waals surface area contributed by atoms with Crippen LogP contribution in [0, 0.1) is 0 Å². The Balaban J connectivity index is 0.000000313. The van der Waals surface area contributed by atoms with E-state index < -0.39 is 0 Å². The van der Waals surface area contributed by atoms with Gasteiger partial charge in [-0.15, -0.1) is 0 Å². The monoisotopic (exact) mass is 503 g/mol. The number of nitrogens with two attached hydrogens (primary N) is 1. The fourth-order valence-electron chi connectivity index (χ4n) is 4.04. The van der Waals surface area contributed by atoms with Gasteiger partial charge in [0.1, 0.15) is 0 Å². The Morgan fingerprint density at radius 2 is 1.64 bits per heavy atom. The first-order chi connectivity index (χ1) is 17.5. The Bertz CT molecular complexity index is 818. The molecule has 3 rings (SSSR count). The maximum atomic E-state index is 9.56. The molecule has 0 saturated carbocycles. The minimum atomic E-state index is 0.181. The molecule has 0 fully saturated rings. The van der Waals surface area contributed by atoms with Gasteiger partial charge in [0.05, 0.1) is 19.0 Å². The summed E-state index contributed by atoms with van der Waals surface area (Å²) in [5.41, 5.74) is 9.29. The number of unbranched alkanes of at least 4 members (excludes halogenated alkanes) is 1. The van der Waals surface area contributed by atoms with Gasteiger partial charge in [0.25, 0.3) is 0 Å². The topological polar surface area (TPSA) is 113 Å². The minimum Gasteiger partial charge on any atom is -0.504 e. The van der Waals surface area contributed by atoms with Gasteiger partial charge in [-0.2, -0.15) is 9.89 Å². The summed E-state index contributed by atoms with van der Waals surface area (Å²) in [5, 5.41) is 26.3. The molecule has 0 amide bonds. The molecule has 0 saturated heterocycles. The van der Waals surface area contributed by atoms with Crippen molar-refractivity contribution in [1.82, 2.24) is 25.8 Å². The molecule has 0 atom stereocenters. The van der Waals surface area contributed by atoms with Crippen molar-refractivity contribution in [3.8, 4) is 11.5 Å². The third kappa shape index (κ3) is 11.6. The lowest BCUT2D eigenvalue weighted by molar-refractivity contribution is 0.373. The highest BCUT2D eigenvalue weighted by molar-refractivity contribution is 5.41. The van der Waals surface area contributed by atoms with Gasteiger partial charge in [-0.25, -0.2) is 0 Å². The highest BCUT2D eigenvalue weighted by Crippen LogP contribution is 2.26. The summed E-state index contributed by atoms with van der Waals surface area (Å²) in [4.78, 5) is 1.93. The number of rotatable bonds is 16. The lowest BCUT2D eigenvalue weighted by Crippen LogP contribution is -2.25. The second-order valence-corrected chi connectivity index (χ2v) is 9.46. The number of fused-ring (bicyclic) bond motifs is 1. The van der Waals surface area contributed by atoms with Crippen LogP contribution in [0.2, 0.25) is 0 Å². The van der Waals surface area contributed by atoms with Crippen LogP contribution in [-0.2, 0) is 19.4 Å². The summed E-state index contributed by atoms with van der Waals surface area (Å²) in [7, 11) is 5.59. The Labute approximate surface area is 217 Å². The van der Waals surface area contributed by atoms with Gasteiger partial charge in [0.15, 0.2) is 11.5 Å². The standard InChI is InChI=1S/C18H34N4O2.C9H15N3/c1-24-18-14-16(6-7-17(18)23)15-22-13-5-12-21-10-3-2-9-20-11-4-8-19;1-11(2)12-7-8-5-3-4-6-9(8)10-12/h6-7,14,20-23H,2-5,8-13,15,19H2,1H3;7H,3-6H2,1-2H3. The summed E-state index contributed by atoms with van der Waals surface area (Å²) in [6, 6.07) is 5.44. The number of ether oxygens (including phenoxy) is 1. The molecule has 0 radical (unpaired) electrons. The number of aryl methyl sites for hydroxylation is 2. The fourth-order valence-corrected chi connectivity index (χ4v) is 4.04. The van der Waals surface area contributed by atoms with E-state index in [1.54, 1.807) is 13.2 Å². The van der Waals surface area contributed by atoms with Crippen LogP contribution in [0.25, 0.3) is 0 Å². The van der Waals surface area contributed by atoms with Crippen LogP contribution in [0.1, 0.15) is 55.3 Å². The molecule has 0 bridgehead atoms. The number of phenols is 1. The maximum absolute atomic E-state index is 9.56. The van der Waals surface area contributed by atoms with Crippen molar-refractivity contribution in [1.29, 1.82) is 0 Å². The third-order valence-electron chi connectivity index (χ3n) is 6.18. The second-order valence-electron chi connectivity index (χ2n) is 9.46. The van der Waals surface area contributed by atoms with Crippen LogP contribution in [0.4, 0.5) is 0 Å². The van der Waals surface area contributed by atoms with Crippen molar-refractivity contribution < 1.29 is 9.84 Å². The summed E-state index contributed by atoms with van der Waals surface area (Å²) >= 11 is 0. The average Bonchev–Trinajstić information content (AvgIpc) is 3.33. The van der Waals surface area contributed by atoms with Crippen molar-refractivity contribution >= 4 is 0 Å². The quantitative estimate of drug-likeness (QED) is 0.222. The van der Waals surface area contributed by atoms with Crippen LogP contribution in [0.3, 0.4) is 0 Å². The van der Waals surface area contributed by atoms with Crippen molar-refractivity contribution in [2.45, 2.75) is 57.9 Å². The van der Waals surface area contributed by atoms with E-state index in [9.17, 15) is 5.11 Å². The number of aromatic hydroxyl groups is 1. The number of aromatic nitrogens is 2. The molecular formula is C27H49N7O2. The van der Waals surface area contributed by atoms with Crippen LogP contribution in [0.15, 0.2) is 24.4 Å². The number of nitrogens with one attached hydrogen (secondary N) is 3. The van der Waals surface area contributed by atoms with E-state index in [1.807, 2.05) is 36.0 Å². The Kier molecular flexibility index (Phi) is 14.9. The molecule has 9 heteroatoms. The third-order valence-corrected chi connectivity index (χ3v) is 6.18. The second kappa shape index (κ2) is 18.0. The molecule has 2 aromatic rings. The molecule has 1 aliphatic carbocycles. The van der Waals surface area contributed by atoms with E-state index in [2.05, 4.69) is 27.2 Å². The highest BCUT2D eigenvalue weighted by atomic mass is 16.5. The molecule has 1 heterocycles.